The summed E-state index contributed by atoms with van der Waals surface area (Å²) in [7, 11) is 0. The van der Waals surface area contributed by atoms with E-state index < -0.39 is 0 Å². The maximum Gasteiger partial charge on any atom is 0.119 e. The third-order valence-corrected chi connectivity index (χ3v) is 3.84. The summed E-state index contributed by atoms with van der Waals surface area (Å²) >= 11 is 0. The molecule has 1 fully saturated rings. The van der Waals surface area contributed by atoms with Gasteiger partial charge in [-0.05, 0) is 42.7 Å². The molecule has 0 radical (unpaired) electrons. The fourth-order valence-electron chi connectivity index (χ4n) is 2.51. The third kappa shape index (κ3) is 3.76. The Balaban J connectivity index is 1.59. The minimum Gasteiger partial charge on any atom is -0.492 e. The van der Waals surface area contributed by atoms with E-state index in [9.17, 15) is 0 Å². The predicted molar refractivity (Wildman–Crippen MR) is 86.6 cm³/mol. The molecule has 2 aromatic carbocycles. The van der Waals surface area contributed by atoms with Gasteiger partial charge in [0.1, 0.15) is 12.4 Å². The molecule has 0 bridgehead atoms. The number of ether oxygens (including phenoxy) is 1. The first-order chi connectivity index (χ1) is 10.4. The van der Waals surface area contributed by atoms with E-state index in [1.165, 1.54) is 24.1 Å². The van der Waals surface area contributed by atoms with Crippen molar-refractivity contribution in [1.82, 2.24) is 0 Å². The van der Waals surface area contributed by atoms with Gasteiger partial charge in [0.25, 0.3) is 0 Å². The quantitative estimate of drug-likeness (QED) is 0.847. The topological polar surface area (TPSA) is 38.5 Å². The number of hydrogen-bond acceptors (Lipinski definition) is 3. The number of nitrogens with two attached hydrogens (primary N) is 1. The predicted octanol–water partition coefficient (Wildman–Crippen LogP) is 3.19. The molecule has 0 saturated heterocycles. The fourth-order valence-corrected chi connectivity index (χ4v) is 2.51. The Hall–Kier alpha value is -2.00. The molecule has 0 aromatic heterocycles. The van der Waals surface area contributed by atoms with Gasteiger partial charge >= 0.3 is 0 Å². The summed E-state index contributed by atoms with van der Waals surface area (Å²) < 4.78 is 5.82. The molecule has 1 aliphatic carbocycles. The zero-order valence-corrected chi connectivity index (χ0v) is 12.2. The Labute approximate surface area is 126 Å². The van der Waals surface area contributed by atoms with E-state index >= 15 is 0 Å². The van der Waals surface area contributed by atoms with Crippen LogP contribution in [0.4, 0.5) is 5.69 Å². The highest BCUT2D eigenvalue weighted by Crippen LogP contribution is 2.31. The zero-order chi connectivity index (χ0) is 14.5. The van der Waals surface area contributed by atoms with E-state index in [-0.39, 0.29) is 0 Å². The number of anilines is 1. The molecule has 2 N–H and O–H groups in total. The number of rotatable bonds is 7. The van der Waals surface area contributed by atoms with Crippen molar-refractivity contribution < 1.29 is 4.74 Å². The first-order valence-electron chi connectivity index (χ1n) is 7.60. The molecule has 3 heteroatoms. The van der Waals surface area contributed by atoms with Crippen molar-refractivity contribution in [1.29, 1.82) is 0 Å². The average Bonchev–Trinajstić information content (AvgIpc) is 3.38. The van der Waals surface area contributed by atoms with Crippen LogP contribution in [0.2, 0.25) is 0 Å². The number of nitrogens with zero attached hydrogens (tertiary/aromatic N) is 1. The molecular weight excluding hydrogens is 260 g/mol. The highest BCUT2D eigenvalue weighted by atomic mass is 16.5. The molecule has 0 heterocycles. The van der Waals surface area contributed by atoms with Gasteiger partial charge in [-0.2, -0.15) is 0 Å². The summed E-state index contributed by atoms with van der Waals surface area (Å²) in [6.07, 6.45) is 2.56. The Morgan fingerprint density at radius 3 is 2.33 bits per heavy atom. The standard InChI is InChI=1S/C18H22N2O/c19-14-15-6-8-16(9-7-15)20(17-10-11-17)12-13-21-18-4-2-1-3-5-18/h1-9,17H,10-14,19H2. The molecular formula is C18H22N2O. The lowest BCUT2D eigenvalue weighted by Crippen LogP contribution is -2.30. The SMILES string of the molecule is NCc1ccc(N(CCOc2ccccc2)C2CC2)cc1. The van der Waals surface area contributed by atoms with Crippen LogP contribution in [0.1, 0.15) is 18.4 Å². The minimum atomic E-state index is 0.598. The van der Waals surface area contributed by atoms with Crippen molar-refractivity contribution in [2.24, 2.45) is 5.73 Å². The molecule has 1 aliphatic rings. The highest BCUT2D eigenvalue weighted by Gasteiger charge is 2.29. The van der Waals surface area contributed by atoms with E-state index in [0.717, 1.165) is 12.3 Å². The van der Waals surface area contributed by atoms with Crippen molar-refractivity contribution in [3.63, 3.8) is 0 Å². The molecule has 0 spiro atoms. The molecule has 2 aromatic rings. The second kappa shape index (κ2) is 6.64. The van der Waals surface area contributed by atoms with Crippen LogP contribution >= 0.6 is 0 Å². The molecule has 1 saturated carbocycles. The Morgan fingerprint density at radius 1 is 1.00 bits per heavy atom. The first-order valence-corrected chi connectivity index (χ1v) is 7.60. The minimum absolute atomic E-state index is 0.598. The molecule has 0 unspecified atom stereocenters. The molecule has 0 aliphatic heterocycles. The Morgan fingerprint density at radius 2 is 1.71 bits per heavy atom. The average molecular weight is 282 g/mol. The third-order valence-electron chi connectivity index (χ3n) is 3.84. The van der Waals surface area contributed by atoms with Gasteiger partial charge in [0.05, 0.1) is 6.54 Å². The molecule has 0 amide bonds. The largest absolute Gasteiger partial charge is 0.492 e. The van der Waals surface area contributed by atoms with Gasteiger partial charge in [-0.1, -0.05) is 30.3 Å². The molecule has 3 nitrogen and oxygen atoms in total. The van der Waals surface area contributed by atoms with E-state index in [2.05, 4.69) is 29.2 Å². The summed E-state index contributed by atoms with van der Waals surface area (Å²) in [5.41, 5.74) is 8.10. The Bertz CT molecular complexity index is 549. The van der Waals surface area contributed by atoms with Crippen molar-refractivity contribution in [3.8, 4) is 5.75 Å². The van der Waals surface area contributed by atoms with Gasteiger partial charge in [-0.25, -0.2) is 0 Å². The van der Waals surface area contributed by atoms with Crippen LogP contribution < -0.4 is 15.4 Å². The van der Waals surface area contributed by atoms with Crippen molar-refractivity contribution in [2.75, 3.05) is 18.1 Å². The maximum absolute atomic E-state index is 5.82. The summed E-state index contributed by atoms with van der Waals surface area (Å²) in [4.78, 5) is 2.45. The maximum atomic E-state index is 5.82. The summed E-state index contributed by atoms with van der Waals surface area (Å²) in [5.74, 6) is 0.937. The fraction of sp³-hybridized carbons (Fsp3) is 0.333. The first kappa shape index (κ1) is 14.0. The molecule has 110 valence electrons. The van der Waals surface area contributed by atoms with E-state index in [0.29, 0.717) is 19.2 Å². The lowest BCUT2D eigenvalue weighted by Gasteiger charge is -2.25. The molecule has 0 atom stereocenters. The van der Waals surface area contributed by atoms with Gasteiger partial charge in [0.2, 0.25) is 0 Å². The van der Waals surface area contributed by atoms with Crippen LogP contribution in [-0.4, -0.2) is 19.2 Å². The normalized spacial score (nSPS) is 14.0. The second-order valence-electron chi connectivity index (χ2n) is 5.46. The number of para-hydroxylation sites is 1. The van der Waals surface area contributed by atoms with Gasteiger partial charge in [0, 0.05) is 18.3 Å². The Kier molecular flexibility index (Phi) is 4.41. The van der Waals surface area contributed by atoms with Crippen LogP contribution in [0.15, 0.2) is 54.6 Å². The summed E-state index contributed by atoms with van der Waals surface area (Å²) in [6.45, 7) is 2.22. The van der Waals surface area contributed by atoms with Crippen LogP contribution in [0.5, 0.6) is 5.75 Å². The van der Waals surface area contributed by atoms with Crippen LogP contribution in [-0.2, 0) is 6.54 Å². The van der Waals surface area contributed by atoms with E-state index in [1.807, 2.05) is 30.3 Å². The van der Waals surface area contributed by atoms with E-state index in [1.54, 1.807) is 0 Å². The molecule has 3 rings (SSSR count). The van der Waals surface area contributed by atoms with Crippen LogP contribution in [0.25, 0.3) is 0 Å². The van der Waals surface area contributed by atoms with Gasteiger partial charge < -0.3 is 15.4 Å². The summed E-state index contributed by atoms with van der Waals surface area (Å²) in [5, 5.41) is 0. The lowest BCUT2D eigenvalue weighted by atomic mass is 10.2. The number of benzene rings is 2. The van der Waals surface area contributed by atoms with Crippen molar-refractivity contribution >= 4 is 5.69 Å². The van der Waals surface area contributed by atoms with Crippen molar-refractivity contribution in [3.05, 3.63) is 60.2 Å². The van der Waals surface area contributed by atoms with Gasteiger partial charge in [-0.15, -0.1) is 0 Å². The highest BCUT2D eigenvalue weighted by molar-refractivity contribution is 5.49. The van der Waals surface area contributed by atoms with Gasteiger partial charge in [-0.3, -0.25) is 0 Å². The van der Waals surface area contributed by atoms with Crippen molar-refractivity contribution in [2.45, 2.75) is 25.4 Å². The lowest BCUT2D eigenvalue weighted by molar-refractivity contribution is 0.323. The van der Waals surface area contributed by atoms with Crippen LogP contribution in [0, 0.1) is 0 Å². The van der Waals surface area contributed by atoms with E-state index in [4.69, 9.17) is 10.5 Å². The monoisotopic (exact) mass is 282 g/mol. The number of hydrogen-bond donors (Lipinski definition) is 1. The smallest absolute Gasteiger partial charge is 0.119 e. The van der Waals surface area contributed by atoms with Crippen LogP contribution in [0.3, 0.4) is 0 Å². The van der Waals surface area contributed by atoms with Gasteiger partial charge in [0.15, 0.2) is 0 Å². The second-order valence-corrected chi connectivity index (χ2v) is 5.46. The zero-order valence-electron chi connectivity index (χ0n) is 12.2. The molecule has 21 heavy (non-hydrogen) atoms. The summed E-state index contributed by atoms with van der Waals surface area (Å²) in [6, 6.07) is 19.2.